The van der Waals surface area contributed by atoms with Crippen molar-refractivity contribution < 1.29 is 14.3 Å². The zero-order valence-corrected chi connectivity index (χ0v) is 17.9. The van der Waals surface area contributed by atoms with Gasteiger partial charge in [0.2, 0.25) is 0 Å². The van der Waals surface area contributed by atoms with E-state index in [1.165, 1.54) is 7.11 Å². The zero-order valence-electron chi connectivity index (χ0n) is 16.3. The Hall–Kier alpha value is -2.64. The molecule has 2 aromatic carbocycles. The molecule has 150 valence electrons. The molecule has 0 fully saturated rings. The van der Waals surface area contributed by atoms with Crippen molar-refractivity contribution in [3.8, 4) is 21.7 Å². The summed E-state index contributed by atoms with van der Waals surface area (Å²) in [6.07, 6.45) is 4.23. The summed E-state index contributed by atoms with van der Waals surface area (Å²) in [6.45, 7) is 0. The van der Waals surface area contributed by atoms with Gasteiger partial charge in [-0.2, -0.15) is 11.8 Å². The lowest BCUT2D eigenvalue weighted by Gasteiger charge is -2.18. The molecule has 0 spiro atoms. The molecule has 0 aliphatic carbocycles. The van der Waals surface area contributed by atoms with Crippen molar-refractivity contribution in [2.45, 2.75) is 12.5 Å². The molecule has 3 rings (SSSR count). The van der Waals surface area contributed by atoms with Crippen LogP contribution >= 0.6 is 23.1 Å². The minimum atomic E-state index is -0.679. The van der Waals surface area contributed by atoms with Crippen LogP contribution in [0.1, 0.15) is 16.8 Å². The van der Waals surface area contributed by atoms with Crippen molar-refractivity contribution in [3.05, 3.63) is 65.7 Å². The second-order valence-electron chi connectivity index (χ2n) is 6.29. The Morgan fingerprint density at radius 1 is 1.17 bits per heavy atom. The van der Waals surface area contributed by atoms with E-state index >= 15 is 0 Å². The maximum atomic E-state index is 13.1. The van der Waals surface area contributed by atoms with Crippen LogP contribution in [0.2, 0.25) is 0 Å². The van der Waals surface area contributed by atoms with Gasteiger partial charge >= 0.3 is 5.97 Å². The molecule has 1 atom stereocenters. The van der Waals surface area contributed by atoms with E-state index in [1.54, 1.807) is 35.4 Å². The number of carbonyl (C=O) groups is 2. The van der Waals surface area contributed by atoms with Gasteiger partial charge in [0.1, 0.15) is 11.0 Å². The van der Waals surface area contributed by atoms with Crippen LogP contribution in [0.25, 0.3) is 21.7 Å². The molecule has 29 heavy (non-hydrogen) atoms. The minimum absolute atomic E-state index is 0.300. The first-order valence-corrected chi connectivity index (χ1v) is 11.4. The number of amides is 1. The van der Waals surface area contributed by atoms with E-state index in [1.807, 2.05) is 54.1 Å². The van der Waals surface area contributed by atoms with Crippen LogP contribution < -0.4 is 5.32 Å². The standard InChI is InChI=1S/C22H22N2O3S2/c1-27-22(26)19(10-12-28-2)24-20(25)17-9-8-16(21-23-11-13-29-21)14-18(17)15-6-4-3-5-7-15/h3-9,11,13-14,19H,10,12H2,1-2H3,(H,24,25)/t19-/m0/s1. The Labute approximate surface area is 178 Å². The maximum Gasteiger partial charge on any atom is 0.328 e. The van der Waals surface area contributed by atoms with Crippen LogP contribution in [0, 0.1) is 0 Å². The molecule has 0 aliphatic heterocycles. The molecule has 0 saturated heterocycles. The molecule has 0 aliphatic rings. The number of hydrogen-bond acceptors (Lipinski definition) is 6. The maximum absolute atomic E-state index is 13.1. The molecule has 1 N–H and O–H groups in total. The highest BCUT2D eigenvalue weighted by molar-refractivity contribution is 7.98. The molecule has 0 unspecified atom stereocenters. The third-order valence-corrected chi connectivity index (χ3v) is 5.90. The van der Waals surface area contributed by atoms with Gasteiger partial charge in [0.05, 0.1) is 7.11 Å². The van der Waals surface area contributed by atoms with Gasteiger partial charge in [-0.25, -0.2) is 9.78 Å². The van der Waals surface area contributed by atoms with Gasteiger partial charge in [-0.05, 0) is 41.7 Å². The summed E-state index contributed by atoms with van der Waals surface area (Å²) in [5, 5.41) is 5.66. The lowest BCUT2D eigenvalue weighted by molar-refractivity contribution is -0.142. The number of nitrogens with zero attached hydrogens (tertiary/aromatic N) is 1. The van der Waals surface area contributed by atoms with Crippen molar-refractivity contribution in [2.24, 2.45) is 0 Å². The molecule has 3 aromatic rings. The number of methoxy groups -OCH3 is 1. The molecule has 1 amide bonds. The average Bonchev–Trinajstić information content (AvgIpc) is 3.31. The summed E-state index contributed by atoms with van der Waals surface area (Å²) in [5.41, 5.74) is 3.18. The van der Waals surface area contributed by atoms with Gasteiger partial charge in [0.25, 0.3) is 5.91 Å². The minimum Gasteiger partial charge on any atom is -0.467 e. The molecular formula is C22H22N2O3S2. The first-order valence-electron chi connectivity index (χ1n) is 9.11. The lowest BCUT2D eigenvalue weighted by atomic mass is 9.96. The van der Waals surface area contributed by atoms with Crippen molar-refractivity contribution in [1.82, 2.24) is 10.3 Å². The molecule has 0 saturated carbocycles. The number of carbonyl (C=O) groups excluding carboxylic acids is 2. The molecule has 1 aromatic heterocycles. The van der Waals surface area contributed by atoms with Gasteiger partial charge in [-0.15, -0.1) is 11.3 Å². The Morgan fingerprint density at radius 3 is 2.62 bits per heavy atom. The predicted octanol–water partition coefficient (Wildman–Crippen LogP) is 4.50. The second-order valence-corrected chi connectivity index (χ2v) is 8.17. The van der Waals surface area contributed by atoms with Crippen LogP contribution in [0.15, 0.2) is 60.1 Å². The van der Waals surface area contributed by atoms with E-state index in [0.29, 0.717) is 12.0 Å². The van der Waals surface area contributed by atoms with Crippen LogP contribution in [-0.2, 0) is 9.53 Å². The number of aromatic nitrogens is 1. The predicted molar refractivity (Wildman–Crippen MR) is 119 cm³/mol. The van der Waals surface area contributed by atoms with Gasteiger partial charge < -0.3 is 10.1 Å². The van der Waals surface area contributed by atoms with Crippen LogP contribution in [0.4, 0.5) is 0 Å². The summed E-state index contributed by atoms with van der Waals surface area (Å²) in [6, 6.07) is 14.7. The van der Waals surface area contributed by atoms with E-state index in [4.69, 9.17) is 4.74 Å². The first kappa shape index (κ1) is 21.1. The highest BCUT2D eigenvalue weighted by atomic mass is 32.2. The van der Waals surface area contributed by atoms with Crippen LogP contribution in [-0.4, -0.2) is 42.0 Å². The Bertz CT molecular complexity index is 959. The third-order valence-electron chi connectivity index (χ3n) is 4.43. The van der Waals surface area contributed by atoms with Crippen molar-refractivity contribution in [1.29, 1.82) is 0 Å². The molecule has 7 heteroatoms. The number of esters is 1. The van der Waals surface area contributed by atoms with Crippen molar-refractivity contribution in [2.75, 3.05) is 19.1 Å². The van der Waals surface area contributed by atoms with E-state index in [9.17, 15) is 9.59 Å². The number of ether oxygens (including phenoxy) is 1. The number of rotatable bonds is 8. The molecule has 1 heterocycles. The SMILES string of the molecule is COC(=O)[C@H](CCSC)NC(=O)c1ccc(-c2nccs2)cc1-c1ccccc1. The summed E-state index contributed by atoms with van der Waals surface area (Å²) >= 11 is 3.16. The Kier molecular flexibility index (Phi) is 7.43. The quantitative estimate of drug-likeness (QED) is 0.537. The second kappa shape index (κ2) is 10.2. The summed E-state index contributed by atoms with van der Waals surface area (Å²) in [4.78, 5) is 29.6. The van der Waals surface area contributed by atoms with Gasteiger partial charge in [-0.1, -0.05) is 36.4 Å². The summed E-state index contributed by atoms with van der Waals surface area (Å²) in [5.74, 6) is 0.00768. The smallest absolute Gasteiger partial charge is 0.328 e. The van der Waals surface area contributed by atoms with Crippen molar-refractivity contribution in [3.63, 3.8) is 0 Å². The fourth-order valence-corrected chi connectivity index (χ4v) is 4.07. The highest BCUT2D eigenvalue weighted by Gasteiger charge is 2.23. The number of hydrogen-bond donors (Lipinski definition) is 1. The Morgan fingerprint density at radius 2 is 1.97 bits per heavy atom. The van der Waals surface area contributed by atoms with E-state index in [2.05, 4.69) is 10.3 Å². The summed E-state index contributed by atoms with van der Waals surface area (Å²) in [7, 11) is 1.33. The monoisotopic (exact) mass is 426 g/mol. The number of thioether (sulfide) groups is 1. The van der Waals surface area contributed by atoms with Gasteiger partial charge in [0.15, 0.2) is 0 Å². The van der Waals surface area contributed by atoms with Crippen LogP contribution in [0.5, 0.6) is 0 Å². The largest absolute Gasteiger partial charge is 0.467 e. The van der Waals surface area contributed by atoms with Gasteiger partial charge in [-0.3, -0.25) is 4.79 Å². The Balaban J connectivity index is 1.96. The molecule has 5 nitrogen and oxygen atoms in total. The van der Waals surface area contributed by atoms with E-state index in [0.717, 1.165) is 27.5 Å². The zero-order chi connectivity index (χ0) is 20.6. The van der Waals surface area contributed by atoms with E-state index in [-0.39, 0.29) is 5.91 Å². The molecular weight excluding hydrogens is 404 g/mol. The number of thiazole rings is 1. The molecule has 0 radical (unpaired) electrons. The fraction of sp³-hybridized carbons (Fsp3) is 0.227. The number of benzene rings is 2. The highest BCUT2D eigenvalue weighted by Crippen LogP contribution is 2.30. The first-order chi connectivity index (χ1) is 14.1. The van der Waals surface area contributed by atoms with Crippen molar-refractivity contribution >= 4 is 35.0 Å². The lowest BCUT2D eigenvalue weighted by Crippen LogP contribution is -2.42. The average molecular weight is 427 g/mol. The van der Waals surface area contributed by atoms with Crippen LogP contribution in [0.3, 0.4) is 0 Å². The van der Waals surface area contributed by atoms with E-state index < -0.39 is 12.0 Å². The molecule has 0 bridgehead atoms. The topological polar surface area (TPSA) is 68.3 Å². The fourth-order valence-electron chi connectivity index (χ4n) is 2.96. The number of nitrogens with one attached hydrogen (secondary N) is 1. The third kappa shape index (κ3) is 5.25. The van der Waals surface area contributed by atoms with Gasteiger partial charge in [0, 0.05) is 22.7 Å². The normalized spacial score (nSPS) is 11.7. The summed E-state index contributed by atoms with van der Waals surface area (Å²) < 4.78 is 4.86.